The maximum absolute atomic E-state index is 10.8. The van der Waals surface area contributed by atoms with E-state index in [0.29, 0.717) is 11.1 Å². The van der Waals surface area contributed by atoms with Gasteiger partial charge in [-0.1, -0.05) is 0 Å². The highest BCUT2D eigenvalue weighted by molar-refractivity contribution is 5.79. The van der Waals surface area contributed by atoms with Gasteiger partial charge in [0.25, 0.3) is 0 Å². The summed E-state index contributed by atoms with van der Waals surface area (Å²) in [6.07, 6.45) is 2.69. The van der Waals surface area contributed by atoms with Gasteiger partial charge in [0.15, 0.2) is 0 Å². The largest absolute Gasteiger partial charge is 0.480 e. The number of carboxylic acids is 1. The lowest BCUT2D eigenvalue weighted by atomic mass is 9.94. The van der Waals surface area contributed by atoms with E-state index in [-0.39, 0.29) is 0 Å². The second-order valence-electron chi connectivity index (χ2n) is 3.08. The molecule has 0 bridgehead atoms. The first-order valence-electron chi connectivity index (χ1n) is 3.86. The van der Waals surface area contributed by atoms with Crippen LogP contribution in [0.4, 0.5) is 0 Å². The van der Waals surface area contributed by atoms with Gasteiger partial charge >= 0.3 is 5.97 Å². The molecule has 1 heterocycles. The number of nitrogens with zero attached hydrogens (tertiary/aromatic N) is 2. The molecule has 1 atom stereocenters. The van der Waals surface area contributed by atoms with Crippen LogP contribution in [0, 0.1) is 11.3 Å². The summed E-state index contributed by atoms with van der Waals surface area (Å²) < 4.78 is 0. The number of pyridine rings is 1. The topological polar surface area (TPSA) is 100 Å². The van der Waals surface area contributed by atoms with Crippen LogP contribution in [-0.4, -0.2) is 16.1 Å². The summed E-state index contributed by atoms with van der Waals surface area (Å²) in [7, 11) is 0. The smallest absolute Gasteiger partial charge is 0.328 e. The quantitative estimate of drug-likeness (QED) is 0.696. The van der Waals surface area contributed by atoms with Gasteiger partial charge in [0.05, 0.1) is 5.56 Å². The zero-order valence-electron chi connectivity index (χ0n) is 7.56. The van der Waals surface area contributed by atoms with Crippen molar-refractivity contribution in [1.82, 2.24) is 4.98 Å². The Morgan fingerprint density at radius 2 is 2.36 bits per heavy atom. The van der Waals surface area contributed by atoms with E-state index in [1.54, 1.807) is 0 Å². The van der Waals surface area contributed by atoms with E-state index < -0.39 is 11.5 Å². The molecule has 1 aromatic rings. The molecule has 0 aliphatic carbocycles. The normalized spacial score (nSPS) is 14.1. The summed E-state index contributed by atoms with van der Waals surface area (Å²) >= 11 is 0. The minimum absolute atomic E-state index is 0.292. The van der Waals surface area contributed by atoms with Crippen molar-refractivity contribution < 1.29 is 9.90 Å². The summed E-state index contributed by atoms with van der Waals surface area (Å²) in [6, 6.07) is 3.29. The first-order chi connectivity index (χ1) is 6.48. The Bertz CT molecular complexity index is 407. The summed E-state index contributed by atoms with van der Waals surface area (Å²) in [4.78, 5) is 14.5. The molecule has 14 heavy (non-hydrogen) atoms. The highest BCUT2D eigenvalue weighted by Gasteiger charge is 2.30. The third-order valence-electron chi connectivity index (χ3n) is 1.91. The van der Waals surface area contributed by atoms with Gasteiger partial charge in [-0.25, -0.2) is 4.79 Å². The highest BCUT2D eigenvalue weighted by atomic mass is 16.4. The molecule has 72 valence electrons. The minimum atomic E-state index is -1.51. The van der Waals surface area contributed by atoms with Crippen LogP contribution >= 0.6 is 0 Å². The Hall–Kier alpha value is -1.93. The maximum atomic E-state index is 10.8. The highest BCUT2D eigenvalue weighted by Crippen LogP contribution is 2.17. The van der Waals surface area contributed by atoms with Crippen molar-refractivity contribution in [1.29, 1.82) is 5.26 Å². The summed E-state index contributed by atoms with van der Waals surface area (Å²) in [5.41, 5.74) is 4.64. The summed E-state index contributed by atoms with van der Waals surface area (Å²) in [6.45, 7) is 1.35. The van der Waals surface area contributed by atoms with Gasteiger partial charge < -0.3 is 10.8 Å². The molecular weight excluding hydrogens is 182 g/mol. The lowest BCUT2D eigenvalue weighted by Gasteiger charge is -2.18. The lowest BCUT2D eigenvalue weighted by Crippen LogP contribution is -2.41. The Morgan fingerprint density at radius 1 is 1.71 bits per heavy atom. The monoisotopic (exact) mass is 191 g/mol. The third-order valence-corrected chi connectivity index (χ3v) is 1.91. The SMILES string of the molecule is C[C@@](N)(C(=O)O)c1cncc(C#N)c1. The van der Waals surface area contributed by atoms with Gasteiger partial charge in [0, 0.05) is 18.0 Å². The first-order valence-corrected chi connectivity index (χ1v) is 3.86. The molecule has 0 fully saturated rings. The zero-order valence-corrected chi connectivity index (χ0v) is 7.56. The number of nitrogens with two attached hydrogens (primary N) is 1. The van der Waals surface area contributed by atoms with Crippen molar-refractivity contribution in [2.24, 2.45) is 5.73 Å². The molecule has 0 saturated heterocycles. The average Bonchev–Trinajstić information content (AvgIpc) is 2.17. The number of nitriles is 1. The zero-order chi connectivity index (χ0) is 10.8. The number of hydrogen-bond donors (Lipinski definition) is 2. The maximum Gasteiger partial charge on any atom is 0.328 e. The van der Waals surface area contributed by atoms with Crippen molar-refractivity contribution >= 4 is 5.97 Å². The molecule has 0 aliphatic rings. The number of aliphatic carboxylic acids is 1. The van der Waals surface area contributed by atoms with Crippen LogP contribution in [0.25, 0.3) is 0 Å². The first kappa shape index (κ1) is 10.2. The Balaban J connectivity index is 3.21. The van der Waals surface area contributed by atoms with Crippen molar-refractivity contribution in [3.05, 3.63) is 29.6 Å². The second kappa shape index (κ2) is 3.44. The van der Waals surface area contributed by atoms with Gasteiger partial charge in [-0.05, 0) is 13.0 Å². The predicted octanol–water partition coefficient (Wildman–Crippen LogP) is 0.212. The molecule has 5 heteroatoms. The van der Waals surface area contributed by atoms with Crippen LogP contribution < -0.4 is 5.73 Å². The standard InChI is InChI=1S/C9H9N3O2/c1-9(11,8(13)14)7-2-6(3-10)4-12-5-7/h2,4-5H,11H2,1H3,(H,13,14)/t9-/m0/s1. The van der Waals surface area contributed by atoms with Crippen molar-refractivity contribution in [2.45, 2.75) is 12.5 Å². The molecule has 0 aliphatic heterocycles. The molecule has 1 aromatic heterocycles. The summed E-state index contributed by atoms with van der Waals surface area (Å²) in [5, 5.41) is 17.4. The number of carbonyl (C=O) groups is 1. The number of rotatable bonds is 2. The summed E-state index contributed by atoms with van der Waals surface area (Å²) in [5.74, 6) is -1.16. The van der Waals surface area contributed by atoms with Gasteiger partial charge in [-0.3, -0.25) is 4.98 Å². The van der Waals surface area contributed by atoms with E-state index in [9.17, 15) is 4.79 Å². The van der Waals surface area contributed by atoms with E-state index in [4.69, 9.17) is 16.1 Å². The van der Waals surface area contributed by atoms with Crippen molar-refractivity contribution in [3.8, 4) is 6.07 Å². The molecule has 0 aromatic carbocycles. The average molecular weight is 191 g/mol. The van der Waals surface area contributed by atoms with Crippen molar-refractivity contribution in [2.75, 3.05) is 0 Å². The van der Waals surface area contributed by atoms with Gasteiger partial charge in [-0.15, -0.1) is 0 Å². The van der Waals surface area contributed by atoms with Crippen LogP contribution in [0.1, 0.15) is 18.1 Å². The molecule has 0 amide bonds. The minimum Gasteiger partial charge on any atom is -0.480 e. The van der Waals surface area contributed by atoms with Gasteiger partial charge in [0.2, 0.25) is 0 Å². The molecule has 0 unspecified atom stereocenters. The number of hydrogen-bond acceptors (Lipinski definition) is 4. The fourth-order valence-corrected chi connectivity index (χ4v) is 0.909. The van der Waals surface area contributed by atoms with Crippen LogP contribution in [0.5, 0.6) is 0 Å². The van der Waals surface area contributed by atoms with Crippen LogP contribution in [0.15, 0.2) is 18.5 Å². The van der Waals surface area contributed by atoms with E-state index in [2.05, 4.69) is 4.98 Å². The van der Waals surface area contributed by atoms with Crippen LogP contribution in [0.2, 0.25) is 0 Å². The van der Waals surface area contributed by atoms with Gasteiger partial charge in [-0.2, -0.15) is 5.26 Å². The van der Waals surface area contributed by atoms with E-state index >= 15 is 0 Å². The fourth-order valence-electron chi connectivity index (χ4n) is 0.909. The predicted molar refractivity (Wildman–Crippen MR) is 48.1 cm³/mol. The Kier molecular flexibility index (Phi) is 2.49. The van der Waals surface area contributed by atoms with E-state index in [1.165, 1.54) is 25.4 Å². The Labute approximate surface area is 80.8 Å². The number of carboxylic acid groups (broad SMARTS) is 1. The number of aromatic nitrogens is 1. The third kappa shape index (κ3) is 1.70. The molecule has 0 radical (unpaired) electrons. The van der Waals surface area contributed by atoms with Crippen LogP contribution in [-0.2, 0) is 10.3 Å². The molecule has 3 N–H and O–H groups in total. The van der Waals surface area contributed by atoms with E-state index in [0.717, 1.165) is 0 Å². The van der Waals surface area contributed by atoms with Crippen LogP contribution in [0.3, 0.4) is 0 Å². The van der Waals surface area contributed by atoms with Crippen molar-refractivity contribution in [3.63, 3.8) is 0 Å². The second-order valence-corrected chi connectivity index (χ2v) is 3.08. The van der Waals surface area contributed by atoms with Gasteiger partial charge in [0.1, 0.15) is 11.6 Å². The molecular formula is C9H9N3O2. The molecule has 5 nitrogen and oxygen atoms in total. The fraction of sp³-hybridized carbons (Fsp3) is 0.222. The van der Waals surface area contributed by atoms with E-state index in [1.807, 2.05) is 6.07 Å². The molecule has 1 rings (SSSR count). The molecule has 0 saturated carbocycles. The lowest BCUT2D eigenvalue weighted by molar-refractivity contribution is -0.143. The Morgan fingerprint density at radius 3 is 2.86 bits per heavy atom. The molecule has 0 spiro atoms.